The Balaban J connectivity index is 1.98. The summed E-state index contributed by atoms with van der Waals surface area (Å²) in [5, 5.41) is 0.860. The summed E-state index contributed by atoms with van der Waals surface area (Å²) in [6.45, 7) is 3.14. The van der Waals surface area contributed by atoms with Crippen LogP contribution in [-0.2, 0) is 4.74 Å². The summed E-state index contributed by atoms with van der Waals surface area (Å²) < 4.78 is 5.30. The molecule has 0 radical (unpaired) electrons. The average Bonchev–Trinajstić information content (AvgIpc) is 2.05. The van der Waals surface area contributed by atoms with Crippen LogP contribution < -0.4 is 0 Å². The van der Waals surface area contributed by atoms with Crippen LogP contribution in [0.25, 0.3) is 0 Å². The van der Waals surface area contributed by atoms with Crippen molar-refractivity contribution in [3.63, 3.8) is 0 Å². The zero-order valence-electron chi connectivity index (χ0n) is 8.08. The number of rotatable bonds is 4. The van der Waals surface area contributed by atoms with E-state index in [1.54, 1.807) is 0 Å². The van der Waals surface area contributed by atoms with Crippen LogP contribution >= 0.6 is 11.8 Å². The van der Waals surface area contributed by atoms with Gasteiger partial charge in [-0.15, -0.1) is 0 Å². The van der Waals surface area contributed by atoms with E-state index in [1.807, 2.05) is 0 Å². The maximum atomic E-state index is 5.30. The molecule has 0 aliphatic carbocycles. The zero-order chi connectivity index (χ0) is 8.81. The molecule has 0 aromatic heterocycles. The van der Waals surface area contributed by atoms with Gasteiger partial charge in [-0.25, -0.2) is 0 Å². The van der Waals surface area contributed by atoms with Crippen molar-refractivity contribution in [3.05, 3.63) is 0 Å². The highest BCUT2D eigenvalue weighted by atomic mass is 32.2. The molecule has 1 fully saturated rings. The van der Waals surface area contributed by atoms with E-state index in [0.29, 0.717) is 0 Å². The van der Waals surface area contributed by atoms with E-state index in [9.17, 15) is 0 Å². The highest BCUT2D eigenvalue weighted by Crippen LogP contribution is 2.21. The summed E-state index contributed by atoms with van der Waals surface area (Å²) in [7, 11) is 4.26. The molecule has 12 heavy (non-hydrogen) atoms. The molecule has 3 heteroatoms. The van der Waals surface area contributed by atoms with Crippen molar-refractivity contribution in [1.82, 2.24) is 4.90 Å². The summed E-state index contributed by atoms with van der Waals surface area (Å²) in [4.78, 5) is 2.24. The Kier molecular flexibility index (Phi) is 5.04. The Morgan fingerprint density at radius 3 is 2.58 bits per heavy atom. The summed E-state index contributed by atoms with van der Waals surface area (Å²) in [6, 6.07) is 0. The van der Waals surface area contributed by atoms with E-state index >= 15 is 0 Å². The Hall–Kier alpha value is 0.270. The largest absolute Gasteiger partial charge is 0.381 e. The van der Waals surface area contributed by atoms with Crippen LogP contribution in [0, 0.1) is 0 Å². The fourth-order valence-electron chi connectivity index (χ4n) is 1.24. The Labute approximate surface area is 79.6 Å². The van der Waals surface area contributed by atoms with Gasteiger partial charge in [-0.05, 0) is 26.9 Å². The van der Waals surface area contributed by atoms with E-state index in [0.717, 1.165) is 18.5 Å². The van der Waals surface area contributed by atoms with E-state index < -0.39 is 0 Å². The van der Waals surface area contributed by atoms with Crippen molar-refractivity contribution in [2.24, 2.45) is 0 Å². The first-order valence-electron chi connectivity index (χ1n) is 4.63. The van der Waals surface area contributed by atoms with Crippen LogP contribution in [0.2, 0.25) is 0 Å². The van der Waals surface area contributed by atoms with Gasteiger partial charge >= 0.3 is 0 Å². The van der Waals surface area contributed by atoms with Gasteiger partial charge in [0.2, 0.25) is 0 Å². The molecule has 1 aliphatic rings. The first-order chi connectivity index (χ1) is 5.79. The van der Waals surface area contributed by atoms with Gasteiger partial charge in [-0.1, -0.05) is 0 Å². The van der Waals surface area contributed by atoms with Gasteiger partial charge in [-0.2, -0.15) is 11.8 Å². The fraction of sp³-hybridized carbons (Fsp3) is 1.00. The summed E-state index contributed by atoms with van der Waals surface area (Å²) >= 11 is 2.10. The normalized spacial score (nSPS) is 20.2. The maximum Gasteiger partial charge on any atom is 0.0476 e. The third kappa shape index (κ3) is 4.33. The predicted octanol–water partition coefficient (Wildman–Crippen LogP) is 1.46. The standard InChI is InChI=1S/C9H19NOS/c1-10(2)5-8-12-9-3-6-11-7-4-9/h9H,3-8H2,1-2H3. The molecule has 0 aromatic rings. The third-order valence-electron chi connectivity index (χ3n) is 2.06. The number of thioether (sulfide) groups is 1. The molecular weight excluding hydrogens is 170 g/mol. The van der Waals surface area contributed by atoms with E-state index in [-0.39, 0.29) is 0 Å². The molecule has 0 spiro atoms. The Morgan fingerprint density at radius 1 is 1.33 bits per heavy atom. The number of hydrogen-bond acceptors (Lipinski definition) is 3. The molecule has 0 saturated carbocycles. The second kappa shape index (κ2) is 5.84. The quantitative estimate of drug-likeness (QED) is 0.664. The lowest BCUT2D eigenvalue weighted by Gasteiger charge is -2.22. The molecule has 2 nitrogen and oxygen atoms in total. The van der Waals surface area contributed by atoms with Gasteiger partial charge in [0.25, 0.3) is 0 Å². The van der Waals surface area contributed by atoms with Gasteiger partial charge in [0.1, 0.15) is 0 Å². The van der Waals surface area contributed by atoms with Crippen molar-refractivity contribution in [3.8, 4) is 0 Å². The second-order valence-corrected chi connectivity index (χ2v) is 4.89. The van der Waals surface area contributed by atoms with Crippen LogP contribution in [0.3, 0.4) is 0 Å². The monoisotopic (exact) mass is 189 g/mol. The smallest absolute Gasteiger partial charge is 0.0476 e. The highest BCUT2D eigenvalue weighted by molar-refractivity contribution is 7.99. The number of hydrogen-bond donors (Lipinski definition) is 0. The molecule has 0 amide bonds. The lowest BCUT2D eigenvalue weighted by molar-refractivity contribution is 0.1000. The molecule has 0 unspecified atom stereocenters. The molecule has 72 valence electrons. The van der Waals surface area contributed by atoms with Crippen molar-refractivity contribution in [1.29, 1.82) is 0 Å². The lowest BCUT2D eigenvalue weighted by atomic mass is 10.2. The topological polar surface area (TPSA) is 12.5 Å². The third-order valence-corrected chi connectivity index (χ3v) is 3.42. The Bertz CT molecular complexity index is 113. The molecule has 0 atom stereocenters. The number of ether oxygens (including phenoxy) is 1. The molecular formula is C9H19NOS. The SMILES string of the molecule is CN(C)CCSC1CCOCC1. The molecule has 1 saturated heterocycles. The van der Waals surface area contributed by atoms with Crippen LogP contribution in [0.4, 0.5) is 0 Å². The molecule has 1 heterocycles. The average molecular weight is 189 g/mol. The van der Waals surface area contributed by atoms with Crippen molar-refractivity contribution >= 4 is 11.8 Å². The van der Waals surface area contributed by atoms with Gasteiger partial charge < -0.3 is 9.64 Å². The van der Waals surface area contributed by atoms with Crippen LogP contribution in [0.15, 0.2) is 0 Å². The van der Waals surface area contributed by atoms with Crippen LogP contribution in [0.5, 0.6) is 0 Å². The summed E-state index contributed by atoms with van der Waals surface area (Å²) in [5.41, 5.74) is 0. The minimum atomic E-state index is 0.860. The van der Waals surface area contributed by atoms with Crippen molar-refractivity contribution in [2.75, 3.05) is 39.6 Å². The molecule has 1 aliphatic heterocycles. The van der Waals surface area contributed by atoms with Crippen LogP contribution in [-0.4, -0.2) is 49.8 Å². The van der Waals surface area contributed by atoms with Crippen LogP contribution in [0.1, 0.15) is 12.8 Å². The van der Waals surface area contributed by atoms with E-state index in [2.05, 4.69) is 30.8 Å². The van der Waals surface area contributed by atoms with Crippen molar-refractivity contribution < 1.29 is 4.74 Å². The molecule has 0 bridgehead atoms. The van der Waals surface area contributed by atoms with Gasteiger partial charge in [0.05, 0.1) is 0 Å². The van der Waals surface area contributed by atoms with Gasteiger partial charge in [0.15, 0.2) is 0 Å². The summed E-state index contributed by atoms with van der Waals surface area (Å²) in [5.74, 6) is 1.26. The number of nitrogens with zero attached hydrogens (tertiary/aromatic N) is 1. The maximum absolute atomic E-state index is 5.30. The lowest BCUT2D eigenvalue weighted by Crippen LogP contribution is -2.21. The fourth-order valence-corrected chi connectivity index (χ4v) is 2.57. The predicted molar refractivity (Wildman–Crippen MR) is 54.9 cm³/mol. The van der Waals surface area contributed by atoms with Gasteiger partial charge in [0, 0.05) is 30.8 Å². The first-order valence-corrected chi connectivity index (χ1v) is 5.68. The minimum Gasteiger partial charge on any atom is -0.381 e. The molecule has 1 rings (SSSR count). The van der Waals surface area contributed by atoms with E-state index in [1.165, 1.54) is 25.1 Å². The van der Waals surface area contributed by atoms with E-state index in [4.69, 9.17) is 4.74 Å². The highest BCUT2D eigenvalue weighted by Gasteiger charge is 2.13. The summed E-state index contributed by atoms with van der Waals surface area (Å²) in [6.07, 6.45) is 2.50. The first kappa shape index (κ1) is 10.4. The van der Waals surface area contributed by atoms with Gasteiger partial charge in [-0.3, -0.25) is 0 Å². The molecule has 0 aromatic carbocycles. The Morgan fingerprint density at radius 2 is 2.00 bits per heavy atom. The minimum absolute atomic E-state index is 0.860. The molecule has 0 N–H and O–H groups in total. The zero-order valence-corrected chi connectivity index (χ0v) is 8.90. The second-order valence-electron chi connectivity index (χ2n) is 3.49. The van der Waals surface area contributed by atoms with Crippen molar-refractivity contribution in [2.45, 2.75) is 18.1 Å².